The number of thiophene rings is 1. The third-order valence-corrected chi connectivity index (χ3v) is 5.25. The van der Waals surface area contributed by atoms with Crippen LogP contribution in [0, 0.1) is 0 Å². The van der Waals surface area contributed by atoms with Crippen LogP contribution in [0.3, 0.4) is 0 Å². The maximum Gasteiger partial charge on any atom is 0.352 e. The fourth-order valence-corrected chi connectivity index (χ4v) is 4.08. The van der Waals surface area contributed by atoms with Crippen molar-refractivity contribution in [1.29, 1.82) is 0 Å². The van der Waals surface area contributed by atoms with Crippen LogP contribution in [0.1, 0.15) is 23.5 Å². The van der Waals surface area contributed by atoms with E-state index in [-0.39, 0.29) is 17.2 Å². The van der Waals surface area contributed by atoms with E-state index < -0.39 is 5.97 Å². The molecule has 0 atom stereocenters. The Morgan fingerprint density at radius 3 is 2.69 bits per heavy atom. The summed E-state index contributed by atoms with van der Waals surface area (Å²) in [5, 5.41) is 14.0. The zero-order chi connectivity index (χ0) is 18.3. The topological polar surface area (TPSA) is 68.7 Å². The number of carbonyl (C=O) groups excluding carboxylic acids is 1. The van der Waals surface area contributed by atoms with E-state index in [0.29, 0.717) is 22.6 Å². The van der Waals surface area contributed by atoms with Crippen molar-refractivity contribution in [3.8, 4) is 11.5 Å². The number of fused-ring (bicyclic) bond motifs is 4. The molecule has 0 bridgehead atoms. The first-order valence-electron chi connectivity index (χ1n) is 8.42. The molecule has 0 saturated carbocycles. The lowest BCUT2D eigenvalue weighted by atomic mass is 10.0. The number of pyridine rings is 1. The number of hydrogen-bond acceptors (Lipinski definition) is 6. The quantitative estimate of drug-likeness (QED) is 0.411. The van der Waals surface area contributed by atoms with Crippen LogP contribution in [0.2, 0.25) is 0 Å². The molecule has 4 rings (SSSR count). The van der Waals surface area contributed by atoms with Gasteiger partial charge in [-0.1, -0.05) is 30.3 Å². The van der Waals surface area contributed by atoms with Crippen molar-refractivity contribution in [3.05, 3.63) is 41.3 Å². The molecule has 132 valence electrons. The first kappa shape index (κ1) is 16.6. The van der Waals surface area contributed by atoms with Crippen molar-refractivity contribution in [3.63, 3.8) is 0 Å². The molecule has 0 aliphatic carbocycles. The number of benzene rings is 2. The minimum atomic E-state index is -0.552. The first-order chi connectivity index (χ1) is 12.7. The van der Waals surface area contributed by atoms with Gasteiger partial charge in [-0.25, -0.2) is 9.78 Å². The van der Waals surface area contributed by atoms with E-state index >= 15 is 0 Å². The van der Waals surface area contributed by atoms with Gasteiger partial charge >= 0.3 is 5.97 Å². The van der Waals surface area contributed by atoms with Crippen molar-refractivity contribution >= 4 is 49.2 Å². The summed E-state index contributed by atoms with van der Waals surface area (Å²) in [6.07, 6.45) is 0. The van der Waals surface area contributed by atoms with Crippen LogP contribution in [-0.2, 0) is 4.74 Å². The Bertz CT molecular complexity index is 1150. The number of aromatic nitrogens is 1. The van der Waals surface area contributed by atoms with Crippen LogP contribution in [0.15, 0.2) is 36.4 Å². The number of rotatable bonds is 4. The van der Waals surface area contributed by atoms with Crippen molar-refractivity contribution in [2.24, 2.45) is 0 Å². The Morgan fingerprint density at radius 1 is 1.12 bits per heavy atom. The average Bonchev–Trinajstić information content (AvgIpc) is 2.98. The Kier molecular flexibility index (Phi) is 4.12. The predicted octanol–water partition coefficient (Wildman–Crippen LogP) is 4.88. The van der Waals surface area contributed by atoms with E-state index in [1.165, 1.54) is 0 Å². The molecule has 0 amide bonds. The number of esters is 1. The highest BCUT2D eigenvalue weighted by Gasteiger charge is 2.25. The van der Waals surface area contributed by atoms with Crippen molar-refractivity contribution in [2.75, 3.05) is 13.2 Å². The minimum absolute atomic E-state index is 0.130. The summed E-state index contributed by atoms with van der Waals surface area (Å²) in [4.78, 5) is 17.6. The summed E-state index contributed by atoms with van der Waals surface area (Å²) < 4.78 is 10.9. The molecule has 0 radical (unpaired) electrons. The van der Waals surface area contributed by atoms with Gasteiger partial charge in [0.15, 0.2) is 10.6 Å². The van der Waals surface area contributed by atoms with Crippen LogP contribution in [0.4, 0.5) is 0 Å². The molecule has 4 aromatic rings. The monoisotopic (exact) mass is 367 g/mol. The number of nitrogens with zero attached hydrogens (tertiary/aromatic N) is 1. The second-order valence-corrected chi connectivity index (χ2v) is 6.74. The van der Waals surface area contributed by atoms with Gasteiger partial charge in [-0.2, -0.15) is 0 Å². The van der Waals surface area contributed by atoms with Gasteiger partial charge in [0.2, 0.25) is 0 Å². The highest BCUT2D eigenvalue weighted by molar-refractivity contribution is 7.21. The molecule has 2 aromatic heterocycles. The third kappa shape index (κ3) is 2.45. The fraction of sp³-hybridized carbons (Fsp3) is 0.200. The summed E-state index contributed by atoms with van der Waals surface area (Å²) in [6, 6.07) is 11.9. The lowest BCUT2D eigenvalue weighted by Gasteiger charge is -2.11. The van der Waals surface area contributed by atoms with E-state index in [4.69, 9.17) is 14.5 Å². The lowest BCUT2D eigenvalue weighted by molar-refractivity contribution is 0.0529. The van der Waals surface area contributed by atoms with Gasteiger partial charge in [0.25, 0.3) is 0 Å². The molecule has 5 nitrogen and oxygen atoms in total. The number of hydrogen-bond donors (Lipinski definition) is 1. The minimum Gasteiger partial charge on any atom is -0.505 e. The Balaban J connectivity index is 2.12. The van der Waals surface area contributed by atoms with E-state index in [0.717, 1.165) is 33.0 Å². The standard InChI is InChI=1S/C20H17NO4S/c1-3-24-17-13-10-9-11-7-5-6-8-12(11)15(13)21-19-14(17)16(22)18(26-19)20(23)25-4-2/h5-10,22H,3-4H2,1-2H3. The van der Waals surface area contributed by atoms with Gasteiger partial charge in [0.05, 0.1) is 24.1 Å². The maximum absolute atomic E-state index is 12.2. The van der Waals surface area contributed by atoms with Gasteiger partial charge in [-0.15, -0.1) is 11.3 Å². The smallest absolute Gasteiger partial charge is 0.352 e. The summed E-state index contributed by atoms with van der Waals surface area (Å²) in [5.74, 6) is -0.138. The summed E-state index contributed by atoms with van der Waals surface area (Å²) in [7, 11) is 0. The van der Waals surface area contributed by atoms with Crippen molar-refractivity contribution in [2.45, 2.75) is 13.8 Å². The lowest BCUT2D eigenvalue weighted by Crippen LogP contribution is -2.02. The van der Waals surface area contributed by atoms with Gasteiger partial charge in [-0.05, 0) is 25.3 Å². The van der Waals surface area contributed by atoms with Crippen molar-refractivity contribution < 1.29 is 19.4 Å². The van der Waals surface area contributed by atoms with E-state index in [1.54, 1.807) is 6.92 Å². The highest BCUT2D eigenvalue weighted by atomic mass is 32.1. The molecule has 6 heteroatoms. The third-order valence-electron chi connectivity index (χ3n) is 4.20. The zero-order valence-corrected chi connectivity index (χ0v) is 15.2. The van der Waals surface area contributed by atoms with Gasteiger partial charge in [0, 0.05) is 10.8 Å². The Hall–Kier alpha value is -2.86. The number of aromatic hydroxyl groups is 1. The molecule has 1 N–H and O–H groups in total. The SMILES string of the molecule is CCOC(=O)c1sc2nc3c(ccc4ccccc43)c(OCC)c2c1O. The normalized spacial score (nSPS) is 11.3. The molecule has 2 aromatic carbocycles. The maximum atomic E-state index is 12.2. The molecular weight excluding hydrogens is 350 g/mol. The summed E-state index contributed by atoms with van der Waals surface area (Å²) in [5.41, 5.74) is 0.788. The number of ether oxygens (including phenoxy) is 2. The van der Waals surface area contributed by atoms with Crippen LogP contribution < -0.4 is 4.74 Å². The van der Waals surface area contributed by atoms with E-state index in [2.05, 4.69) is 0 Å². The van der Waals surface area contributed by atoms with Crippen LogP contribution >= 0.6 is 11.3 Å². The molecule has 0 spiro atoms. The Morgan fingerprint density at radius 2 is 1.92 bits per heavy atom. The summed E-state index contributed by atoms with van der Waals surface area (Å²) in [6.45, 7) is 4.29. The molecule has 2 heterocycles. The van der Waals surface area contributed by atoms with E-state index in [1.807, 2.05) is 43.3 Å². The van der Waals surface area contributed by atoms with Crippen molar-refractivity contribution in [1.82, 2.24) is 4.98 Å². The second-order valence-electron chi connectivity index (χ2n) is 5.74. The van der Waals surface area contributed by atoms with Crippen LogP contribution in [0.25, 0.3) is 31.9 Å². The second kappa shape index (κ2) is 6.46. The van der Waals surface area contributed by atoms with Crippen LogP contribution in [-0.4, -0.2) is 29.3 Å². The molecule has 0 unspecified atom stereocenters. The van der Waals surface area contributed by atoms with Gasteiger partial charge < -0.3 is 14.6 Å². The summed E-state index contributed by atoms with van der Waals surface area (Å²) >= 11 is 1.12. The molecule has 26 heavy (non-hydrogen) atoms. The number of carbonyl (C=O) groups is 1. The molecule has 0 aliphatic heterocycles. The highest BCUT2D eigenvalue weighted by Crippen LogP contribution is 2.46. The van der Waals surface area contributed by atoms with Gasteiger partial charge in [-0.3, -0.25) is 0 Å². The van der Waals surface area contributed by atoms with Gasteiger partial charge in [0.1, 0.15) is 10.6 Å². The average molecular weight is 367 g/mol. The zero-order valence-electron chi connectivity index (χ0n) is 14.4. The molecule has 0 aliphatic rings. The molecule has 0 fully saturated rings. The largest absolute Gasteiger partial charge is 0.505 e. The van der Waals surface area contributed by atoms with E-state index in [9.17, 15) is 9.90 Å². The predicted molar refractivity (Wildman–Crippen MR) is 103 cm³/mol. The Labute approximate surface area is 153 Å². The fourth-order valence-electron chi connectivity index (χ4n) is 3.12. The molecule has 0 saturated heterocycles. The molecular formula is C20H17NO4S. The first-order valence-corrected chi connectivity index (χ1v) is 9.24. The van der Waals surface area contributed by atoms with Crippen LogP contribution in [0.5, 0.6) is 11.5 Å².